The Morgan fingerprint density at radius 2 is 1.79 bits per heavy atom. The van der Waals surface area contributed by atoms with Crippen molar-refractivity contribution in [3.63, 3.8) is 0 Å². The zero-order valence-electron chi connectivity index (χ0n) is 15.7. The largest absolute Gasteiger partial charge is 0.497 e. The number of benzene rings is 2. The van der Waals surface area contributed by atoms with E-state index in [1.54, 1.807) is 13.2 Å². The van der Waals surface area contributed by atoms with Crippen LogP contribution in [-0.4, -0.2) is 39.9 Å². The van der Waals surface area contributed by atoms with E-state index in [0.717, 1.165) is 16.9 Å². The fourth-order valence-corrected chi connectivity index (χ4v) is 3.91. The van der Waals surface area contributed by atoms with E-state index in [1.807, 2.05) is 48.5 Å². The van der Waals surface area contributed by atoms with Gasteiger partial charge in [-0.15, -0.1) is 0 Å². The SMILES string of the molecule is COc1ccc(COc2ccc(/C=C3/SC(=S)N(CCC(=O)O)C3=O)cc2)cc1. The molecule has 6 nitrogen and oxygen atoms in total. The Bertz CT molecular complexity index is 939. The van der Waals surface area contributed by atoms with Crippen LogP contribution in [0, 0.1) is 0 Å². The summed E-state index contributed by atoms with van der Waals surface area (Å²) in [5, 5.41) is 8.79. The van der Waals surface area contributed by atoms with E-state index in [2.05, 4.69) is 0 Å². The smallest absolute Gasteiger partial charge is 0.305 e. The van der Waals surface area contributed by atoms with Crippen molar-refractivity contribution in [1.29, 1.82) is 0 Å². The Morgan fingerprint density at radius 1 is 1.14 bits per heavy atom. The van der Waals surface area contributed by atoms with E-state index in [1.165, 1.54) is 16.7 Å². The van der Waals surface area contributed by atoms with E-state index < -0.39 is 5.97 Å². The second-order valence-electron chi connectivity index (χ2n) is 6.18. The Labute approximate surface area is 178 Å². The minimum Gasteiger partial charge on any atom is -0.497 e. The van der Waals surface area contributed by atoms with E-state index in [-0.39, 0.29) is 18.9 Å². The van der Waals surface area contributed by atoms with Gasteiger partial charge in [-0.1, -0.05) is 48.2 Å². The lowest BCUT2D eigenvalue weighted by Crippen LogP contribution is -2.30. The van der Waals surface area contributed by atoms with Gasteiger partial charge in [0.2, 0.25) is 0 Å². The lowest BCUT2D eigenvalue weighted by Gasteiger charge is -2.12. The fourth-order valence-electron chi connectivity index (χ4n) is 2.60. The van der Waals surface area contributed by atoms with Crippen molar-refractivity contribution in [1.82, 2.24) is 4.90 Å². The van der Waals surface area contributed by atoms with Crippen LogP contribution < -0.4 is 9.47 Å². The molecule has 0 bridgehead atoms. The first kappa shape index (κ1) is 20.9. The van der Waals surface area contributed by atoms with Gasteiger partial charge in [0.1, 0.15) is 22.4 Å². The molecule has 29 heavy (non-hydrogen) atoms. The van der Waals surface area contributed by atoms with Gasteiger partial charge in [0.15, 0.2) is 0 Å². The van der Waals surface area contributed by atoms with Crippen molar-refractivity contribution in [2.75, 3.05) is 13.7 Å². The van der Waals surface area contributed by atoms with Gasteiger partial charge < -0.3 is 14.6 Å². The summed E-state index contributed by atoms with van der Waals surface area (Å²) in [6.45, 7) is 0.515. The molecule has 1 saturated heterocycles. The van der Waals surface area contributed by atoms with Crippen LogP contribution in [0.15, 0.2) is 53.4 Å². The van der Waals surface area contributed by atoms with Crippen LogP contribution in [0.2, 0.25) is 0 Å². The molecule has 0 radical (unpaired) electrons. The lowest BCUT2D eigenvalue weighted by atomic mass is 10.2. The van der Waals surface area contributed by atoms with Gasteiger partial charge in [-0.2, -0.15) is 0 Å². The van der Waals surface area contributed by atoms with Crippen molar-refractivity contribution < 1.29 is 24.2 Å². The van der Waals surface area contributed by atoms with Gasteiger partial charge in [0.25, 0.3) is 5.91 Å². The minimum atomic E-state index is -0.965. The summed E-state index contributed by atoms with van der Waals surface area (Å²) >= 11 is 6.36. The zero-order chi connectivity index (χ0) is 20.8. The van der Waals surface area contributed by atoms with E-state index in [0.29, 0.717) is 21.6 Å². The fraction of sp³-hybridized carbons (Fsp3) is 0.190. The molecule has 0 atom stereocenters. The number of carboxylic acid groups (broad SMARTS) is 1. The highest BCUT2D eigenvalue weighted by molar-refractivity contribution is 8.26. The van der Waals surface area contributed by atoms with Gasteiger partial charge in [-0.3, -0.25) is 14.5 Å². The maximum Gasteiger partial charge on any atom is 0.305 e. The molecule has 0 unspecified atom stereocenters. The summed E-state index contributed by atoms with van der Waals surface area (Å²) in [5.74, 6) is 0.285. The van der Waals surface area contributed by atoms with Gasteiger partial charge >= 0.3 is 5.97 Å². The zero-order valence-corrected chi connectivity index (χ0v) is 17.3. The number of thioether (sulfide) groups is 1. The lowest BCUT2D eigenvalue weighted by molar-refractivity contribution is -0.137. The summed E-state index contributed by atoms with van der Waals surface area (Å²) in [4.78, 5) is 25.0. The number of amides is 1. The van der Waals surface area contributed by atoms with Gasteiger partial charge in [0.05, 0.1) is 18.4 Å². The standard InChI is InChI=1S/C21H19NO5S2/c1-26-16-6-4-15(5-7-16)13-27-17-8-2-14(3-9-17)12-18-20(25)22(21(28)29-18)11-10-19(23)24/h2-9,12H,10-11,13H2,1H3,(H,23,24)/b18-12+. The van der Waals surface area contributed by atoms with Crippen molar-refractivity contribution in [2.24, 2.45) is 0 Å². The summed E-state index contributed by atoms with van der Waals surface area (Å²) < 4.78 is 11.3. The maximum atomic E-state index is 12.4. The molecule has 1 heterocycles. The summed E-state index contributed by atoms with van der Waals surface area (Å²) in [6, 6.07) is 15.0. The second kappa shape index (κ2) is 9.58. The third-order valence-corrected chi connectivity index (χ3v) is 5.54. The summed E-state index contributed by atoms with van der Waals surface area (Å²) in [6.07, 6.45) is 1.60. The summed E-state index contributed by atoms with van der Waals surface area (Å²) in [5.41, 5.74) is 1.86. The van der Waals surface area contributed by atoms with E-state index >= 15 is 0 Å². The molecule has 1 aliphatic rings. The molecule has 150 valence electrons. The number of carboxylic acids is 1. The third-order valence-electron chi connectivity index (χ3n) is 4.17. The normalized spacial score (nSPS) is 15.1. The highest BCUT2D eigenvalue weighted by atomic mass is 32.2. The Morgan fingerprint density at radius 3 is 2.41 bits per heavy atom. The number of methoxy groups -OCH3 is 1. The van der Waals surface area contributed by atoms with Crippen molar-refractivity contribution in [2.45, 2.75) is 13.0 Å². The van der Waals surface area contributed by atoms with Crippen LogP contribution in [0.4, 0.5) is 0 Å². The van der Waals surface area contributed by atoms with Gasteiger partial charge in [0, 0.05) is 6.54 Å². The molecule has 2 aromatic carbocycles. The first-order valence-electron chi connectivity index (χ1n) is 8.79. The molecular formula is C21H19NO5S2. The quantitative estimate of drug-likeness (QED) is 0.503. The van der Waals surface area contributed by atoms with Gasteiger partial charge in [-0.25, -0.2) is 0 Å². The Kier molecular flexibility index (Phi) is 6.90. The van der Waals surface area contributed by atoms with Crippen LogP contribution in [0.5, 0.6) is 11.5 Å². The first-order chi connectivity index (χ1) is 14.0. The number of ether oxygens (including phenoxy) is 2. The third kappa shape index (κ3) is 5.58. The topological polar surface area (TPSA) is 76.1 Å². The molecule has 1 N–H and O–H groups in total. The molecule has 8 heteroatoms. The monoisotopic (exact) mass is 429 g/mol. The van der Waals surface area contributed by atoms with Crippen molar-refractivity contribution >= 4 is 46.3 Å². The van der Waals surface area contributed by atoms with Crippen molar-refractivity contribution in [3.05, 3.63) is 64.6 Å². The average Bonchev–Trinajstić information content (AvgIpc) is 2.98. The van der Waals surface area contributed by atoms with E-state index in [4.69, 9.17) is 26.8 Å². The molecule has 0 saturated carbocycles. The van der Waals surface area contributed by atoms with Gasteiger partial charge in [-0.05, 0) is 41.5 Å². The highest BCUT2D eigenvalue weighted by Gasteiger charge is 2.31. The Balaban J connectivity index is 1.60. The number of rotatable bonds is 8. The predicted molar refractivity (Wildman–Crippen MR) is 116 cm³/mol. The predicted octanol–water partition coefficient (Wildman–Crippen LogP) is 3.95. The number of aliphatic carboxylic acids is 1. The van der Waals surface area contributed by atoms with Crippen LogP contribution in [0.3, 0.4) is 0 Å². The average molecular weight is 430 g/mol. The van der Waals surface area contributed by atoms with Crippen LogP contribution in [-0.2, 0) is 16.2 Å². The minimum absolute atomic E-state index is 0.0788. The summed E-state index contributed by atoms with van der Waals surface area (Å²) in [7, 11) is 1.63. The number of carbonyl (C=O) groups excluding carboxylic acids is 1. The molecule has 1 fully saturated rings. The van der Waals surface area contributed by atoms with Crippen molar-refractivity contribution in [3.8, 4) is 11.5 Å². The maximum absolute atomic E-state index is 12.4. The van der Waals surface area contributed by atoms with Crippen LogP contribution >= 0.6 is 24.0 Å². The molecule has 1 aliphatic heterocycles. The Hall–Kier alpha value is -2.84. The molecule has 0 aromatic heterocycles. The second-order valence-corrected chi connectivity index (χ2v) is 7.86. The number of nitrogens with zero attached hydrogens (tertiary/aromatic N) is 1. The molecule has 0 spiro atoms. The van der Waals surface area contributed by atoms with Crippen LogP contribution in [0.25, 0.3) is 6.08 Å². The number of thiocarbonyl (C=S) groups is 1. The molecular weight excluding hydrogens is 410 g/mol. The first-order valence-corrected chi connectivity index (χ1v) is 10.0. The number of hydrogen-bond donors (Lipinski definition) is 1. The highest BCUT2D eigenvalue weighted by Crippen LogP contribution is 2.32. The molecule has 1 amide bonds. The van der Waals surface area contributed by atoms with Crippen LogP contribution in [0.1, 0.15) is 17.5 Å². The number of carbonyl (C=O) groups is 2. The molecule has 0 aliphatic carbocycles. The number of hydrogen-bond acceptors (Lipinski definition) is 6. The van der Waals surface area contributed by atoms with E-state index in [9.17, 15) is 9.59 Å². The molecule has 3 rings (SSSR count). The molecule has 2 aromatic rings.